The van der Waals surface area contributed by atoms with Gasteiger partial charge in [0.25, 0.3) is 5.78 Å². The molecular formula is C23H18ClF5N6. The largest absolute Gasteiger partial charge is 0.416 e. The second-order valence-corrected chi connectivity index (χ2v) is 8.51. The summed E-state index contributed by atoms with van der Waals surface area (Å²) in [6, 6.07) is 14.9. The molecule has 12 heteroatoms. The molecule has 182 valence electrons. The molecule has 2 aromatic carbocycles. The summed E-state index contributed by atoms with van der Waals surface area (Å²) < 4.78 is 68.1. The van der Waals surface area contributed by atoms with Crippen LogP contribution in [0.1, 0.15) is 11.3 Å². The fourth-order valence-corrected chi connectivity index (χ4v) is 4.11. The van der Waals surface area contributed by atoms with Gasteiger partial charge < -0.3 is 9.80 Å². The lowest BCUT2D eigenvalue weighted by atomic mass is 10.1. The van der Waals surface area contributed by atoms with Gasteiger partial charge in [-0.05, 0) is 41.9 Å². The molecule has 3 heterocycles. The number of para-hydroxylation sites is 1. The van der Waals surface area contributed by atoms with E-state index in [1.165, 1.54) is 0 Å². The molecule has 4 aromatic rings. The van der Waals surface area contributed by atoms with E-state index in [0.29, 0.717) is 26.2 Å². The van der Waals surface area contributed by atoms with Gasteiger partial charge in [-0.25, -0.2) is 4.98 Å². The summed E-state index contributed by atoms with van der Waals surface area (Å²) >= 11 is 5.35. The summed E-state index contributed by atoms with van der Waals surface area (Å²) in [6.07, 6.45) is -4.52. The topological polar surface area (TPSA) is 49.6 Å². The van der Waals surface area contributed by atoms with Crippen molar-refractivity contribution in [1.82, 2.24) is 19.6 Å². The van der Waals surface area contributed by atoms with E-state index in [1.54, 1.807) is 0 Å². The fourth-order valence-electron chi connectivity index (χ4n) is 3.98. The van der Waals surface area contributed by atoms with Gasteiger partial charge in [0.1, 0.15) is 5.69 Å². The molecule has 6 nitrogen and oxygen atoms in total. The molecule has 1 aliphatic heterocycles. The molecule has 0 spiro atoms. The van der Waals surface area contributed by atoms with E-state index in [4.69, 9.17) is 11.6 Å². The molecule has 0 amide bonds. The summed E-state index contributed by atoms with van der Waals surface area (Å²) in [5.41, 5.74) is -0.231. The van der Waals surface area contributed by atoms with Gasteiger partial charge in [0.15, 0.2) is 0 Å². The predicted octanol–water partition coefficient (Wildman–Crippen LogP) is 5.42. The van der Waals surface area contributed by atoms with Crippen molar-refractivity contribution in [2.45, 2.75) is 11.6 Å². The van der Waals surface area contributed by atoms with E-state index in [0.717, 1.165) is 40.5 Å². The third-order valence-corrected chi connectivity index (χ3v) is 5.98. The highest BCUT2D eigenvalue weighted by atomic mass is 35.5. The van der Waals surface area contributed by atoms with Crippen LogP contribution in [-0.2, 0) is 11.6 Å². The van der Waals surface area contributed by atoms with Crippen molar-refractivity contribution in [3.8, 4) is 11.3 Å². The zero-order chi connectivity index (χ0) is 24.8. The Hall–Kier alpha value is -3.47. The second-order valence-electron chi connectivity index (χ2n) is 8.03. The molecule has 0 aliphatic carbocycles. The summed E-state index contributed by atoms with van der Waals surface area (Å²) in [6.45, 7) is 2.49. The van der Waals surface area contributed by atoms with Crippen molar-refractivity contribution in [2.75, 3.05) is 36.0 Å². The molecular weight excluding hydrogens is 491 g/mol. The Bertz CT molecular complexity index is 1330. The van der Waals surface area contributed by atoms with Crippen molar-refractivity contribution < 1.29 is 22.0 Å². The maximum Gasteiger partial charge on any atom is 0.416 e. The predicted molar refractivity (Wildman–Crippen MR) is 122 cm³/mol. The quantitative estimate of drug-likeness (QED) is 0.272. The van der Waals surface area contributed by atoms with E-state index in [1.807, 2.05) is 35.2 Å². The van der Waals surface area contributed by atoms with Gasteiger partial charge in [-0.1, -0.05) is 30.3 Å². The van der Waals surface area contributed by atoms with Gasteiger partial charge in [0.05, 0.1) is 11.3 Å². The zero-order valence-corrected chi connectivity index (χ0v) is 18.8. The fraction of sp³-hybridized carbons (Fsp3) is 0.261. The number of piperazine rings is 1. The maximum absolute atomic E-state index is 14.3. The maximum atomic E-state index is 14.3. The second kappa shape index (κ2) is 8.63. The van der Waals surface area contributed by atoms with Crippen LogP contribution in [0.25, 0.3) is 17.0 Å². The molecule has 2 aromatic heterocycles. The molecule has 0 bridgehead atoms. The standard InChI is InChI=1S/C23H18ClF5N6/c24-22(25,26)19-14-18(15-6-8-16(9-7-15)23(27,28)29)30-20-31-21(32-35(19)20)34-12-10-33(11-13-34)17-4-2-1-3-5-17/h1-9,14H,10-13H2. The van der Waals surface area contributed by atoms with Crippen LogP contribution in [0.15, 0.2) is 60.7 Å². The first-order valence-electron chi connectivity index (χ1n) is 10.7. The average molecular weight is 509 g/mol. The minimum atomic E-state index is -4.52. The average Bonchev–Trinajstić information content (AvgIpc) is 3.27. The smallest absolute Gasteiger partial charge is 0.368 e. The Kier molecular flexibility index (Phi) is 5.74. The Morgan fingerprint density at radius 1 is 0.771 bits per heavy atom. The zero-order valence-electron chi connectivity index (χ0n) is 18.1. The number of alkyl halides is 6. The molecule has 1 fully saturated rings. The molecule has 35 heavy (non-hydrogen) atoms. The van der Waals surface area contributed by atoms with Crippen LogP contribution in [0.5, 0.6) is 0 Å². The van der Waals surface area contributed by atoms with Crippen LogP contribution in [0.2, 0.25) is 0 Å². The molecule has 0 N–H and O–H groups in total. The van der Waals surface area contributed by atoms with E-state index < -0.39 is 22.8 Å². The van der Waals surface area contributed by atoms with Gasteiger partial charge >= 0.3 is 11.6 Å². The van der Waals surface area contributed by atoms with E-state index in [2.05, 4.69) is 20.0 Å². The molecule has 0 unspecified atom stereocenters. The van der Waals surface area contributed by atoms with E-state index in [9.17, 15) is 22.0 Å². The lowest BCUT2D eigenvalue weighted by Crippen LogP contribution is -2.47. The first kappa shape index (κ1) is 23.3. The van der Waals surface area contributed by atoms with Crippen molar-refractivity contribution in [2.24, 2.45) is 0 Å². The SMILES string of the molecule is FC(F)(F)c1ccc(-c2cc(C(F)(F)Cl)n3nc(N4CCN(c5ccccc5)CC4)nc3n2)cc1. The van der Waals surface area contributed by atoms with Gasteiger partial charge in [0, 0.05) is 37.4 Å². The van der Waals surface area contributed by atoms with Crippen LogP contribution < -0.4 is 9.80 Å². The highest BCUT2D eigenvalue weighted by Gasteiger charge is 2.34. The van der Waals surface area contributed by atoms with Crippen molar-refractivity contribution in [3.63, 3.8) is 0 Å². The first-order chi connectivity index (χ1) is 16.6. The van der Waals surface area contributed by atoms with Crippen LogP contribution in [0.3, 0.4) is 0 Å². The van der Waals surface area contributed by atoms with Gasteiger partial charge in [-0.15, -0.1) is 5.10 Å². The Morgan fingerprint density at radius 2 is 1.40 bits per heavy atom. The molecule has 1 saturated heterocycles. The monoisotopic (exact) mass is 508 g/mol. The summed E-state index contributed by atoms with van der Waals surface area (Å²) in [5.74, 6) is 0.0927. The Labute approximate surface area is 201 Å². The van der Waals surface area contributed by atoms with E-state index >= 15 is 0 Å². The number of anilines is 2. The number of halogens is 6. The number of fused-ring (bicyclic) bond motifs is 1. The molecule has 0 saturated carbocycles. The van der Waals surface area contributed by atoms with Crippen LogP contribution in [-0.4, -0.2) is 45.8 Å². The van der Waals surface area contributed by atoms with Gasteiger partial charge in [0.2, 0.25) is 5.95 Å². The van der Waals surface area contributed by atoms with Crippen LogP contribution in [0, 0.1) is 0 Å². The number of rotatable bonds is 4. The third kappa shape index (κ3) is 4.72. The summed E-state index contributed by atoms with van der Waals surface area (Å²) in [4.78, 5) is 12.7. The number of hydrogen-bond acceptors (Lipinski definition) is 5. The Balaban J connectivity index is 1.46. The van der Waals surface area contributed by atoms with Gasteiger partial charge in [-0.2, -0.15) is 31.5 Å². The van der Waals surface area contributed by atoms with Crippen LogP contribution >= 0.6 is 11.6 Å². The summed E-state index contributed by atoms with van der Waals surface area (Å²) in [7, 11) is 0. The lowest BCUT2D eigenvalue weighted by molar-refractivity contribution is -0.137. The van der Waals surface area contributed by atoms with Crippen molar-refractivity contribution in [1.29, 1.82) is 0 Å². The first-order valence-corrected chi connectivity index (χ1v) is 11.0. The minimum Gasteiger partial charge on any atom is -0.368 e. The molecule has 0 atom stereocenters. The highest BCUT2D eigenvalue weighted by molar-refractivity contribution is 6.21. The molecule has 0 radical (unpaired) electrons. The number of aromatic nitrogens is 4. The highest BCUT2D eigenvalue weighted by Crippen LogP contribution is 2.36. The van der Waals surface area contributed by atoms with Crippen molar-refractivity contribution >= 4 is 29.0 Å². The number of hydrogen-bond donors (Lipinski definition) is 0. The third-order valence-electron chi connectivity index (χ3n) is 5.78. The van der Waals surface area contributed by atoms with Gasteiger partial charge in [-0.3, -0.25) is 0 Å². The molecule has 1 aliphatic rings. The summed E-state index contributed by atoms with van der Waals surface area (Å²) in [5, 5.41) is 0.412. The van der Waals surface area contributed by atoms with Crippen LogP contribution in [0.4, 0.5) is 33.6 Å². The van der Waals surface area contributed by atoms with Crippen molar-refractivity contribution in [3.05, 3.63) is 71.9 Å². The number of benzene rings is 2. The lowest BCUT2D eigenvalue weighted by Gasteiger charge is -2.35. The molecule has 5 rings (SSSR count). The minimum absolute atomic E-state index is 0.00870. The Morgan fingerprint density at radius 3 is 2.00 bits per heavy atom. The van der Waals surface area contributed by atoms with E-state index in [-0.39, 0.29) is 23.0 Å². The number of nitrogens with zero attached hydrogens (tertiary/aromatic N) is 6. The normalized spacial score (nSPS) is 15.1.